The molecule has 9 heteroatoms. The van der Waals surface area contributed by atoms with Crippen molar-refractivity contribution in [2.75, 3.05) is 15.5 Å². The third-order valence-electron chi connectivity index (χ3n) is 4.61. The van der Waals surface area contributed by atoms with E-state index in [0.717, 1.165) is 9.37 Å². The van der Waals surface area contributed by atoms with Crippen LogP contribution < -0.4 is 15.5 Å². The number of nitrogens with zero attached hydrogens (tertiary/aromatic N) is 1. The summed E-state index contributed by atoms with van der Waals surface area (Å²) in [5.41, 5.74) is 1.41. The van der Waals surface area contributed by atoms with Crippen LogP contribution >= 0.6 is 27.5 Å². The Morgan fingerprint density at radius 3 is 2.28 bits per heavy atom. The normalized spacial score (nSPS) is 13.5. The van der Waals surface area contributed by atoms with Crippen molar-refractivity contribution < 1.29 is 18.8 Å². The molecule has 3 aromatic rings. The van der Waals surface area contributed by atoms with Crippen molar-refractivity contribution in [3.63, 3.8) is 0 Å². The van der Waals surface area contributed by atoms with Crippen LogP contribution in [0.2, 0.25) is 0 Å². The first-order valence-electron chi connectivity index (χ1n) is 9.31. The minimum atomic E-state index is -0.647. The largest absolute Gasteiger partial charge is 0.350 e. The molecule has 0 spiro atoms. The SMILES string of the molecule is O=C(Nc1ccc(F)cc1)c1cccc(NC2=C(Cl)C(=O)N(c3ccc(Br)cc3)C2=O)c1. The number of imide groups is 1. The number of amides is 3. The van der Waals surface area contributed by atoms with Crippen LogP contribution in [-0.4, -0.2) is 17.7 Å². The number of nitrogens with one attached hydrogen (secondary N) is 2. The van der Waals surface area contributed by atoms with Crippen LogP contribution in [0.4, 0.5) is 21.5 Å². The molecule has 3 aromatic carbocycles. The van der Waals surface area contributed by atoms with Crippen LogP contribution in [0.5, 0.6) is 0 Å². The van der Waals surface area contributed by atoms with Gasteiger partial charge in [-0.1, -0.05) is 33.6 Å². The smallest absolute Gasteiger partial charge is 0.283 e. The van der Waals surface area contributed by atoms with E-state index in [-0.39, 0.29) is 16.3 Å². The van der Waals surface area contributed by atoms with Gasteiger partial charge in [0.2, 0.25) is 0 Å². The summed E-state index contributed by atoms with van der Waals surface area (Å²) in [5.74, 6) is -2.09. The van der Waals surface area contributed by atoms with Gasteiger partial charge in [-0.25, -0.2) is 9.29 Å². The second kappa shape index (κ2) is 8.94. The number of carbonyl (C=O) groups is 3. The Balaban J connectivity index is 1.53. The minimum Gasteiger partial charge on any atom is -0.350 e. The number of hydrogen-bond acceptors (Lipinski definition) is 4. The zero-order valence-corrected chi connectivity index (χ0v) is 18.6. The summed E-state index contributed by atoms with van der Waals surface area (Å²) in [6, 6.07) is 18.3. The van der Waals surface area contributed by atoms with Gasteiger partial charge in [-0.2, -0.15) is 0 Å². The van der Waals surface area contributed by atoms with Crippen LogP contribution in [0.15, 0.2) is 88.0 Å². The molecule has 0 atom stereocenters. The standard InChI is InChI=1S/C23H14BrClFN3O3/c24-14-4-10-18(11-5-14)29-22(31)19(25)20(23(29)32)27-17-3-1-2-13(12-17)21(30)28-16-8-6-15(26)7-9-16/h1-12,27H,(H,28,30). The van der Waals surface area contributed by atoms with Crippen molar-refractivity contribution in [3.8, 4) is 0 Å². The molecule has 0 fully saturated rings. The van der Waals surface area contributed by atoms with Crippen LogP contribution in [0.25, 0.3) is 0 Å². The third-order valence-corrected chi connectivity index (χ3v) is 5.49. The van der Waals surface area contributed by atoms with Gasteiger partial charge in [-0.3, -0.25) is 14.4 Å². The van der Waals surface area contributed by atoms with E-state index in [1.807, 2.05) is 0 Å². The van der Waals surface area contributed by atoms with Gasteiger partial charge in [-0.05, 0) is 66.7 Å². The summed E-state index contributed by atoms with van der Waals surface area (Å²) in [6.45, 7) is 0. The lowest BCUT2D eigenvalue weighted by atomic mass is 10.1. The molecule has 0 unspecified atom stereocenters. The van der Waals surface area contributed by atoms with Crippen molar-refractivity contribution in [1.29, 1.82) is 0 Å². The molecule has 0 saturated carbocycles. The first-order valence-corrected chi connectivity index (χ1v) is 10.5. The van der Waals surface area contributed by atoms with Gasteiger partial charge in [0.25, 0.3) is 17.7 Å². The number of halogens is 3. The van der Waals surface area contributed by atoms with Crippen molar-refractivity contribution >= 4 is 62.3 Å². The number of rotatable bonds is 5. The van der Waals surface area contributed by atoms with E-state index < -0.39 is 23.5 Å². The Labute approximate surface area is 195 Å². The molecule has 1 aliphatic rings. The summed E-state index contributed by atoms with van der Waals surface area (Å²) >= 11 is 9.47. The summed E-state index contributed by atoms with van der Waals surface area (Å²) < 4.78 is 13.8. The van der Waals surface area contributed by atoms with Gasteiger partial charge in [-0.15, -0.1) is 0 Å². The lowest BCUT2D eigenvalue weighted by Gasteiger charge is -2.15. The average molecular weight is 515 g/mol. The van der Waals surface area contributed by atoms with E-state index in [9.17, 15) is 18.8 Å². The molecule has 3 amide bonds. The van der Waals surface area contributed by atoms with Gasteiger partial charge in [0.15, 0.2) is 0 Å². The maximum atomic E-state index is 13.0. The molecule has 0 bridgehead atoms. The highest BCUT2D eigenvalue weighted by Crippen LogP contribution is 2.31. The van der Waals surface area contributed by atoms with Crippen LogP contribution in [0, 0.1) is 5.82 Å². The van der Waals surface area contributed by atoms with Crippen LogP contribution in [-0.2, 0) is 9.59 Å². The Morgan fingerprint density at radius 2 is 1.59 bits per heavy atom. The molecule has 0 aliphatic carbocycles. The van der Waals surface area contributed by atoms with Crippen molar-refractivity contribution in [2.24, 2.45) is 0 Å². The molecule has 1 heterocycles. The van der Waals surface area contributed by atoms with E-state index in [4.69, 9.17) is 11.6 Å². The fraction of sp³-hybridized carbons (Fsp3) is 0. The Morgan fingerprint density at radius 1 is 0.906 bits per heavy atom. The third kappa shape index (κ3) is 4.42. The summed E-state index contributed by atoms with van der Waals surface area (Å²) in [7, 11) is 0. The highest BCUT2D eigenvalue weighted by atomic mass is 79.9. The van der Waals surface area contributed by atoms with E-state index in [1.54, 1.807) is 42.5 Å². The maximum absolute atomic E-state index is 13.0. The fourth-order valence-electron chi connectivity index (χ4n) is 3.06. The number of benzene rings is 3. The quantitative estimate of drug-likeness (QED) is 0.454. The predicted octanol–water partition coefficient (Wildman–Crippen LogP) is 5.28. The molecular formula is C23H14BrClFN3O3. The number of anilines is 3. The molecule has 160 valence electrons. The van der Waals surface area contributed by atoms with Gasteiger partial charge in [0.1, 0.15) is 16.5 Å². The van der Waals surface area contributed by atoms with Crippen LogP contribution in [0.1, 0.15) is 10.4 Å². The molecule has 0 radical (unpaired) electrons. The molecule has 2 N–H and O–H groups in total. The average Bonchev–Trinajstić information content (AvgIpc) is 2.99. The molecule has 6 nitrogen and oxygen atoms in total. The Bertz CT molecular complexity index is 1260. The van der Waals surface area contributed by atoms with Crippen molar-refractivity contribution in [1.82, 2.24) is 0 Å². The molecule has 32 heavy (non-hydrogen) atoms. The second-order valence-corrected chi connectivity index (χ2v) is 8.07. The molecule has 1 aliphatic heterocycles. The Kier molecular flexibility index (Phi) is 6.07. The van der Waals surface area contributed by atoms with Gasteiger partial charge < -0.3 is 10.6 Å². The first-order chi connectivity index (χ1) is 15.3. The van der Waals surface area contributed by atoms with Gasteiger partial charge in [0, 0.05) is 21.4 Å². The van der Waals surface area contributed by atoms with Crippen molar-refractivity contribution in [2.45, 2.75) is 0 Å². The van der Waals surface area contributed by atoms with E-state index in [0.29, 0.717) is 17.1 Å². The number of hydrogen-bond donors (Lipinski definition) is 2. The number of carbonyl (C=O) groups excluding carboxylic acids is 3. The molecular weight excluding hydrogens is 501 g/mol. The van der Waals surface area contributed by atoms with Gasteiger partial charge >= 0.3 is 0 Å². The second-order valence-electron chi connectivity index (χ2n) is 6.78. The fourth-order valence-corrected chi connectivity index (χ4v) is 3.53. The predicted molar refractivity (Wildman–Crippen MR) is 124 cm³/mol. The van der Waals surface area contributed by atoms with E-state index >= 15 is 0 Å². The zero-order chi connectivity index (χ0) is 22.8. The monoisotopic (exact) mass is 513 g/mol. The molecule has 4 rings (SSSR count). The highest BCUT2D eigenvalue weighted by Gasteiger charge is 2.38. The molecule has 0 saturated heterocycles. The lowest BCUT2D eigenvalue weighted by molar-refractivity contribution is -0.120. The molecule has 0 aromatic heterocycles. The maximum Gasteiger partial charge on any atom is 0.283 e. The Hall–Kier alpha value is -3.49. The zero-order valence-electron chi connectivity index (χ0n) is 16.2. The minimum absolute atomic E-state index is 0.0873. The summed E-state index contributed by atoms with van der Waals surface area (Å²) in [6.07, 6.45) is 0. The lowest BCUT2D eigenvalue weighted by Crippen LogP contribution is -2.32. The van der Waals surface area contributed by atoms with Gasteiger partial charge in [0.05, 0.1) is 5.69 Å². The van der Waals surface area contributed by atoms with Crippen molar-refractivity contribution in [3.05, 3.63) is 99.4 Å². The summed E-state index contributed by atoms with van der Waals surface area (Å²) in [5, 5.41) is 5.25. The first kappa shape index (κ1) is 21.7. The summed E-state index contributed by atoms with van der Waals surface area (Å²) in [4.78, 5) is 39.0. The highest BCUT2D eigenvalue weighted by molar-refractivity contribution is 9.10. The van der Waals surface area contributed by atoms with E-state index in [2.05, 4.69) is 26.6 Å². The topological polar surface area (TPSA) is 78.5 Å². The van der Waals surface area contributed by atoms with Crippen LogP contribution in [0.3, 0.4) is 0 Å². The van der Waals surface area contributed by atoms with E-state index in [1.165, 1.54) is 30.3 Å².